The first kappa shape index (κ1) is 21.9. The van der Waals surface area contributed by atoms with Crippen LogP contribution in [-0.2, 0) is 28.9 Å². The lowest BCUT2D eigenvalue weighted by atomic mass is 10.2. The normalized spacial score (nSPS) is 11.6. The Hall–Kier alpha value is -2.78. The van der Waals surface area contributed by atoms with Crippen LogP contribution in [0.2, 0.25) is 5.02 Å². The van der Waals surface area contributed by atoms with Crippen molar-refractivity contribution in [2.24, 2.45) is 14.1 Å². The van der Waals surface area contributed by atoms with Crippen LogP contribution in [0.5, 0.6) is 0 Å². The predicted octanol–water partition coefficient (Wildman–Crippen LogP) is 2.72. The zero-order chi connectivity index (χ0) is 22.1. The van der Waals surface area contributed by atoms with E-state index in [0.29, 0.717) is 28.3 Å². The minimum atomic E-state index is -3.51. The topological polar surface area (TPSA) is 93.4 Å². The SMILES string of the molecule is Cn1c(=O)n(C)c2cc(NC(=O)CCCN(c3cccc(Cl)c3)S(C)(=O)=O)ccc21. The summed E-state index contributed by atoms with van der Waals surface area (Å²) in [5.41, 5.74) is 2.37. The molecule has 2 aromatic carbocycles. The van der Waals surface area contributed by atoms with E-state index in [1.807, 2.05) is 0 Å². The quantitative estimate of drug-likeness (QED) is 0.598. The van der Waals surface area contributed by atoms with Crippen LogP contribution in [0.4, 0.5) is 11.4 Å². The number of amides is 1. The average molecular weight is 451 g/mol. The van der Waals surface area contributed by atoms with Gasteiger partial charge >= 0.3 is 5.69 Å². The molecular weight excluding hydrogens is 428 g/mol. The van der Waals surface area contributed by atoms with Crippen molar-refractivity contribution >= 4 is 49.9 Å². The molecule has 8 nitrogen and oxygen atoms in total. The summed E-state index contributed by atoms with van der Waals surface area (Å²) < 4.78 is 28.6. The number of halogens is 1. The number of fused-ring (bicyclic) bond motifs is 1. The molecule has 1 amide bonds. The summed E-state index contributed by atoms with van der Waals surface area (Å²) in [5.74, 6) is -0.241. The summed E-state index contributed by atoms with van der Waals surface area (Å²) in [6.45, 7) is 0.152. The van der Waals surface area contributed by atoms with Crippen LogP contribution < -0.4 is 15.3 Å². The fourth-order valence-corrected chi connectivity index (χ4v) is 4.45. The maximum Gasteiger partial charge on any atom is 0.328 e. The molecule has 3 rings (SSSR count). The number of nitrogens with one attached hydrogen (secondary N) is 1. The molecule has 30 heavy (non-hydrogen) atoms. The Morgan fingerprint density at radius 1 is 1.10 bits per heavy atom. The summed E-state index contributed by atoms with van der Waals surface area (Å²) in [6, 6.07) is 11.8. The Kier molecular flexibility index (Phi) is 6.23. The molecule has 0 fully saturated rings. The number of nitrogens with zero attached hydrogens (tertiary/aromatic N) is 3. The molecule has 10 heteroatoms. The number of hydrogen-bond acceptors (Lipinski definition) is 4. The minimum absolute atomic E-state index is 0.137. The van der Waals surface area contributed by atoms with E-state index in [1.54, 1.807) is 56.6 Å². The molecule has 0 aliphatic rings. The van der Waals surface area contributed by atoms with E-state index in [0.717, 1.165) is 11.8 Å². The van der Waals surface area contributed by atoms with E-state index in [4.69, 9.17) is 11.6 Å². The summed E-state index contributed by atoms with van der Waals surface area (Å²) in [7, 11) is -0.151. The third kappa shape index (κ3) is 4.68. The van der Waals surface area contributed by atoms with E-state index < -0.39 is 10.0 Å². The van der Waals surface area contributed by atoms with Crippen LogP contribution >= 0.6 is 11.6 Å². The Morgan fingerprint density at radius 2 is 1.80 bits per heavy atom. The minimum Gasteiger partial charge on any atom is -0.326 e. The molecule has 0 saturated carbocycles. The number of imidazole rings is 1. The van der Waals surface area contributed by atoms with Crippen molar-refractivity contribution in [3.05, 3.63) is 58.0 Å². The standard InChI is InChI=1S/C20H23ClN4O4S/c1-23-17-10-9-15(13-18(17)24(2)20(23)27)22-19(26)8-5-11-25(30(3,28)29)16-7-4-6-14(21)12-16/h4,6-7,9-10,12-13H,5,8,11H2,1-3H3,(H,22,26). The van der Waals surface area contributed by atoms with E-state index >= 15 is 0 Å². The van der Waals surface area contributed by atoms with Gasteiger partial charge in [0.2, 0.25) is 15.9 Å². The highest BCUT2D eigenvalue weighted by Crippen LogP contribution is 2.22. The van der Waals surface area contributed by atoms with Gasteiger partial charge in [-0.3, -0.25) is 18.2 Å². The molecule has 0 radical (unpaired) electrons. The number of hydrogen-bond donors (Lipinski definition) is 1. The summed E-state index contributed by atoms with van der Waals surface area (Å²) in [4.78, 5) is 24.4. The van der Waals surface area contributed by atoms with E-state index in [1.165, 1.54) is 13.4 Å². The summed E-state index contributed by atoms with van der Waals surface area (Å²) in [6.07, 6.45) is 1.59. The Morgan fingerprint density at radius 3 is 2.47 bits per heavy atom. The average Bonchev–Trinajstić information content (AvgIpc) is 2.88. The largest absolute Gasteiger partial charge is 0.328 e. The van der Waals surface area contributed by atoms with Gasteiger partial charge < -0.3 is 5.32 Å². The molecule has 0 bridgehead atoms. The molecule has 0 aliphatic heterocycles. The third-order valence-electron chi connectivity index (χ3n) is 4.82. The monoisotopic (exact) mass is 450 g/mol. The zero-order valence-corrected chi connectivity index (χ0v) is 18.5. The first-order valence-electron chi connectivity index (χ1n) is 9.26. The molecule has 160 valence electrons. The molecule has 0 spiro atoms. The number of carbonyl (C=O) groups excluding carboxylic acids is 1. The number of anilines is 2. The molecule has 3 aromatic rings. The van der Waals surface area contributed by atoms with Crippen LogP contribution in [0.15, 0.2) is 47.3 Å². The summed E-state index contributed by atoms with van der Waals surface area (Å²) >= 11 is 5.97. The molecule has 1 aromatic heterocycles. The van der Waals surface area contributed by atoms with Gasteiger partial charge in [-0.15, -0.1) is 0 Å². The number of benzene rings is 2. The van der Waals surface area contributed by atoms with Gasteiger partial charge in [0.05, 0.1) is 23.0 Å². The lowest BCUT2D eigenvalue weighted by Crippen LogP contribution is -2.31. The van der Waals surface area contributed by atoms with Crippen molar-refractivity contribution in [3.8, 4) is 0 Å². The molecule has 0 saturated heterocycles. The van der Waals surface area contributed by atoms with Gasteiger partial charge in [0, 0.05) is 37.8 Å². The highest BCUT2D eigenvalue weighted by Gasteiger charge is 2.18. The van der Waals surface area contributed by atoms with Crippen molar-refractivity contribution in [2.75, 3.05) is 22.4 Å². The van der Waals surface area contributed by atoms with Crippen LogP contribution in [0.3, 0.4) is 0 Å². The molecule has 0 aliphatic carbocycles. The van der Waals surface area contributed by atoms with E-state index in [-0.39, 0.29) is 24.6 Å². The first-order valence-corrected chi connectivity index (χ1v) is 11.5. The zero-order valence-electron chi connectivity index (χ0n) is 16.9. The van der Waals surface area contributed by atoms with E-state index in [2.05, 4.69) is 5.32 Å². The van der Waals surface area contributed by atoms with Crippen LogP contribution in [0, 0.1) is 0 Å². The molecular formula is C20H23ClN4O4S. The van der Waals surface area contributed by atoms with Crippen molar-refractivity contribution in [1.82, 2.24) is 9.13 Å². The molecule has 1 N–H and O–H groups in total. The second-order valence-corrected chi connectivity index (χ2v) is 9.41. The van der Waals surface area contributed by atoms with Gasteiger partial charge in [-0.05, 0) is 42.8 Å². The highest BCUT2D eigenvalue weighted by atomic mass is 35.5. The number of rotatable bonds is 7. The fraction of sp³-hybridized carbons (Fsp3) is 0.300. The van der Waals surface area contributed by atoms with Gasteiger partial charge in [0.1, 0.15) is 0 Å². The van der Waals surface area contributed by atoms with Gasteiger partial charge in [-0.2, -0.15) is 0 Å². The van der Waals surface area contributed by atoms with Crippen molar-refractivity contribution in [2.45, 2.75) is 12.8 Å². The van der Waals surface area contributed by atoms with Gasteiger partial charge in [0.15, 0.2) is 0 Å². The molecule has 1 heterocycles. The predicted molar refractivity (Wildman–Crippen MR) is 120 cm³/mol. The Labute approximate surface area is 179 Å². The maximum absolute atomic E-state index is 12.4. The second kappa shape index (κ2) is 8.53. The van der Waals surface area contributed by atoms with Gasteiger partial charge in [-0.25, -0.2) is 13.2 Å². The fourth-order valence-electron chi connectivity index (χ4n) is 3.31. The lowest BCUT2D eigenvalue weighted by Gasteiger charge is -2.22. The maximum atomic E-state index is 12.4. The van der Waals surface area contributed by atoms with Crippen LogP contribution in [0.25, 0.3) is 11.0 Å². The smallest absolute Gasteiger partial charge is 0.326 e. The van der Waals surface area contributed by atoms with Crippen molar-refractivity contribution < 1.29 is 13.2 Å². The third-order valence-corrected chi connectivity index (χ3v) is 6.25. The van der Waals surface area contributed by atoms with Crippen molar-refractivity contribution in [3.63, 3.8) is 0 Å². The summed E-state index contributed by atoms with van der Waals surface area (Å²) in [5, 5.41) is 3.23. The molecule has 0 atom stereocenters. The first-order chi connectivity index (χ1) is 14.1. The number of aromatic nitrogens is 2. The van der Waals surface area contributed by atoms with E-state index in [9.17, 15) is 18.0 Å². The van der Waals surface area contributed by atoms with Gasteiger partial charge in [-0.1, -0.05) is 17.7 Å². The molecule has 0 unspecified atom stereocenters. The van der Waals surface area contributed by atoms with Crippen LogP contribution in [-0.4, -0.2) is 36.3 Å². The van der Waals surface area contributed by atoms with Crippen molar-refractivity contribution in [1.29, 1.82) is 0 Å². The number of sulfonamides is 1. The Bertz CT molecular complexity index is 1260. The highest BCUT2D eigenvalue weighted by molar-refractivity contribution is 7.92. The number of carbonyl (C=O) groups is 1. The van der Waals surface area contributed by atoms with Gasteiger partial charge in [0.25, 0.3) is 0 Å². The number of aryl methyl sites for hydroxylation is 2. The second-order valence-electron chi connectivity index (χ2n) is 7.07. The lowest BCUT2D eigenvalue weighted by molar-refractivity contribution is -0.116. The van der Waals surface area contributed by atoms with Crippen LogP contribution in [0.1, 0.15) is 12.8 Å². The Balaban J connectivity index is 1.66.